The molecular weight excluding hydrogens is 390 g/mol. The maximum absolute atomic E-state index is 12.1. The van der Waals surface area contributed by atoms with Gasteiger partial charge in [0.15, 0.2) is 0 Å². The van der Waals surface area contributed by atoms with Crippen LogP contribution in [0, 0.1) is 0 Å². The molecule has 0 aliphatic rings. The van der Waals surface area contributed by atoms with Gasteiger partial charge >= 0.3 is 5.97 Å². The van der Waals surface area contributed by atoms with Crippen molar-refractivity contribution in [2.75, 3.05) is 0 Å². The number of aryl methyl sites for hydroxylation is 1. The second-order valence-corrected chi connectivity index (χ2v) is 7.64. The maximum Gasteiger partial charge on any atom is 0.336 e. The molecule has 1 heterocycles. The van der Waals surface area contributed by atoms with Crippen molar-refractivity contribution >= 4 is 11.8 Å². The van der Waals surface area contributed by atoms with E-state index in [0.29, 0.717) is 24.2 Å². The van der Waals surface area contributed by atoms with E-state index in [1.165, 1.54) is 12.8 Å². The van der Waals surface area contributed by atoms with Crippen LogP contribution in [0.2, 0.25) is 0 Å². The van der Waals surface area contributed by atoms with Crippen molar-refractivity contribution in [2.45, 2.75) is 58.9 Å². The van der Waals surface area contributed by atoms with E-state index in [9.17, 15) is 14.7 Å². The zero-order chi connectivity index (χ0) is 22.2. The summed E-state index contributed by atoms with van der Waals surface area (Å²) in [6.45, 7) is 4.75. The van der Waals surface area contributed by atoms with Gasteiger partial charge in [-0.2, -0.15) is 0 Å². The average molecular weight is 420 g/mol. The third-order valence-electron chi connectivity index (χ3n) is 5.33. The highest BCUT2D eigenvalue weighted by Crippen LogP contribution is 2.24. The largest absolute Gasteiger partial charge is 0.478 e. The predicted octanol–water partition coefficient (Wildman–Crippen LogP) is 5.41. The molecule has 0 unspecified atom stereocenters. The molecule has 0 amide bonds. The highest BCUT2D eigenvalue weighted by molar-refractivity contribution is 5.96. The van der Waals surface area contributed by atoms with E-state index in [1.807, 2.05) is 48.0 Å². The van der Waals surface area contributed by atoms with Crippen molar-refractivity contribution in [1.29, 1.82) is 0 Å². The molecule has 6 nitrogen and oxygen atoms in total. The molecule has 0 radical (unpaired) electrons. The van der Waals surface area contributed by atoms with Gasteiger partial charge in [-0.25, -0.2) is 14.5 Å². The second-order valence-electron chi connectivity index (χ2n) is 7.64. The minimum atomic E-state index is -0.941. The van der Waals surface area contributed by atoms with Gasteiger partial charge in [-0.3, -0.25) is 4.79 Å². The second kappa shape index (κ2) is 10.7. The number of hydrogen-bond donors (Lipinski definition) is 1. The Bertz CT molecular complexity index is 1040. The average Bonchev–Trinajstić information content (AvgIpc) is 3.19. The maximum atomic E-state index is 12.1. The van der Waals surface area contributed by atoms with Crippen LogP contribution in [0.4, 0.5) is 0 Å². The van der Waals surface area contributed by atoms with Crippen molar-refractivity contribution < 1.29 is 14.7 Å². The van der Waals surface area contributed by atoms with Gasteiger partial charge in [0.25, 0.3) is 0 Å². The zero-order valence-electron chi connectivity index (χ0n) is 18.2. The number of aromatic carboxylic acids is 1. The number of hydrogen-bond acceptors (Lipinski definition) is 4. The van der Waals surface area contributed by atoms with Gasteiger partial charge in [-0.1, -0.05) is 75.6 Å². The molecule has 0 fully saturated rings. The highest BCUT2D eigenvalue weighted by Gasteiger charge is 2.16. The predicted molar refractivity (Wildman–Crippen MR) is 120 cm³/mol. The molecule has 0 saturated carbocycles. The molecule has 162 valence electrons. The Balaban J connectivity index is 1.81. The SMILES string of the molecule is CCCCCCn1nc(C(=O)CC)nc1Cc1ccc(-c2ccccc2C(=O)O)cc1. The van der Waals surface area contributed by atoms with Crippen LogP contribution in [0.1, 0.15) is 78.3 Å². The first-order valence-corrected chi connectivity index (χ1v) is 10.9. The third-order valence-corrected chi connectivity index (χ3v) is 5.33. The molecule has 6 heteroatoms. The molecule has 1 N–H and O–H groups in total. The van der Waals surface area contributed by atoms with Gasteiger partial charge in [0.1, 0.15) is 5.82 Å². The number of rotatable bonds is 11. The molecule has 0 atom stereocenters. The minimum absolute atomic E-state index is 0.0471. The number of carboxylic acid groups (broad SMARTS) is 1. The topological polar surface area (TPSA) is 85.1 Å². The van der Waals surface area contributed by atoms with Crippen molar-refractivity contribution in [1.82, 2.24) is 14.8 Å². The Morgan fingerprint density at radius 2 is 1.71 bits per heavy atom. The minimum Gasteiger partial charge on any atom is -0.478 e. The van der Waals surface area contributed by atoms with Crippen LogP contribution in [0.15, 0.2) is 48.5 Å². The summed E-state index contributed by atoms with van der Waals surface area (Å²) in [7, 11) is 0. The number of nitrogens with zero attached hydrogens (tertiary/aromatic N) is 3. The number of ketones is 1. The number of benzene rings is 2. The van der Waals surface area contributed by atoms with Crippen LogP contribution in [0.25, 0.3) is 11.1 Å². The standard InChI is InChI=1S/C25H29N3O3/c1-3-5-6-9-16-28-23(26-24(27-28)22(29)4-2)17-18-12-14-19(15-13-18)20-10-7-8-11-21(20)25(30)31/h7-8,10-15H,3-6,9,16-17H2,1-2H3,(H,30,31). The Hall–Kier alpha value is -3.28. The van der Waals surface area contributed by atoms with E-state index < -0.39 is 5.97 Å². The van der Waals surface area contributed by atoms with Crippen LogP contribution >= 0.6 is 0 Å². The molecule has 3 aromatic rings. The molecule has 1 aromatic heterocycles. The first kappa shape index (κ1) is 22.4. The van der Waals surface area contributed by atoms with Gasteiger partial charge in [-0.15, -0.1) is 5.10 Å². The molecule has 0 aliphatic heterocycles. The van der Waals surface area contributed by atoms with Crippen LogP contribution in [-0.4, -0.2) is 31.6 Å². The molecule has 3 rings (SSSR count). The van der Waals surface area contributed by atoms with Crippen LogP contribution < -0.4 is 0 Å². The van der Waals surface area contributed by atoms with E-state index in [0.717, 1.165) is 36.3 Å². The summed E-state index contributed by atoms with van der Waals surface area (Å²) in [4.78, 5) is 28.1. The summed E-state index contributed by atoms with van der Waals surface area (Å²) in [6.07, 6.45) is 5.44. The lowest BCUT2D eigenvalue weighted by molar-refractivity contribution is 0.0697. The smallest absolute Gasteiger partial charge is 0.336 e. The van der Waals surface area contributed by atoms with Crippen molar-refractivity contribution in [2.24, 2.45) is 0 Å². The Morgan fingerprint density at radius 1 is 0.968 bits per heavy atom. The van der Waals surface area contributed by atoms with Crippen molar-refractivity contribution in [3.8, 4) is 11.1 Å². The van der Waals surface area contributed by atoms with Crippen molar-refractivity contribution in [3.63, 3.8) is 0 Å². The summed E-state index contributed by atoms with van der Waals surface area (Å²) in [6, 6.07) is 14.8. The summed E-state index contributed by atoms with van der Waals surface area (Å²) in [5.74, 6) is 0.0881. The fourth-order valence-electron chi connectivity index (χ4n) is 3.55. The molecule has 0 aliphatic carbocycles. The number of Topliss-reactive ketones (excluding diaryl/α,β-unsaturated/α-hetero) is 1. The molecule has 0 saturated heterocycles. The van der Waals surface area contributed by atoms with E-state index in [1.54, 1.807) is 12.1 Å². The van der Waals surface area contributed by atoms with Crippen LogP contribution in [0.5, 0.6) is 0 Å². The van der Waals surface area contributed by atoms with Crippen LogP contribution in [0.3, 0.4) is 0 Å². The number of carboxylic acids is 1. The molecule has 2 aromatic carbocycles. The van der Waals surface area contributed by atoms with E-state index in [4.69, 9.17) is 0 Å². The lowest BCUT2D eigenvalue weighted by atomic mass is 9.98. The molecule has 31 heavy (non-hydrogen) atoms. The summed E-state index contributed by atoms with van der Waals surface area (Å²) >= 11 is 0. The number of aromatic nitrogens is 3. The first-order valence-electron chi connectivity index (χ1n) is 10.9. The number of carbonyl (C=O) groups is 2. The molecule has 0 bridgehead atoms. The van der Waals surface area contributed by atoms with Gasteiger partial charge in [-0.05, 0) is 29.2 Å². The lowest BCUT2D eigenvalue weighted by Crippen LogP contribution is -2.07. The number of carbonyl (C=O) groups excluding carboxylic acids is 1. The Kier molecular flexibility index (Phi) is 7.70. The van der Waals surface area contributed by atoms with Gasteiger partial charge in [0, 0.05) is 19.4 Å². The first-order chi connectivity index (χ1) is 15.0. The van der Waals surface area contributed by atoms with Gasteiger partial charge in [0.2, 0.25) is 11.6 Å². The van der Waals surface area contributed by atoms with Gasteiger partial charge < -0.3 is 5.11 Å². The quantitative estimate of drug-likeness (QED) is 0.332. The third kappa shape index (κ3) is 5.66. The van der Waals surface area contributed by atoms with Crippen LogP contribution in [-0.2, 0) is 13.0 Å². The lowest BCUT2D eigenvalue weighted by Gasteiger charge is -2.08. The highest BCUT2D eigenvalue weighted by atomic mass is 16.4. The normalized spacial score (nSPS) is 10.9. The van der Waals surface area contributed by atoms with Crippen molar-refractivity contribution in [3.05, 3.63) is 71.3 Å². The van der Waals surface area contributed by atoms with E-state index >= 15 is 0 Å². The zero-order valence-corrected chi connectivity index (χ0v) is 18.2. The Morgan fingerprint density at radius 3 is 2.39 bits per heavy atom. The summed E-state index contributed by atoms with van der Waals surface area (Å²) in [5.41, 5.74) is 2.86. The van der Waals surface area contributed by atoms with E-state index in [-0.39, 0.29) is 11.3 Å². The fraction of sp³-hybridized carbons (Fsp3) is 0.360. The number of unbranched alkanes of at least 4 members (excludes halogenated alkanes) is 3. The fourth-order valence-corrected chi connectivity index (χ4v) is 3.55. The Labute approximate surface area is 183 Å². The monoisotopic (exact) mass is 419 g/mol. The molecular formula is C25H29N3O3. The summed E-state index contributed by atoms with van der Waals surface area (Å²) in [5, 5.41) is 13.9. The summed E-state index contributed by atoms with van der Waals surface area (Å²) < 4.78 is 1.87. The van der Waals surface area contributed by atoms with Gasteiger partial charge in [0.05, 0.1) is 5.56 Å². The van der Waals surface area contributed by atoms with E-state index in [2.05, 4.69) is 17.0 Å². The molecule has 0 spiro atoms.